The van der Waals surface area contributed by atoms with Gasteiger partial charge in [0.1, 0.15) is 0 Å². The van der Waals surface area contributed by atoms with Crippen molar-refractivity contribution in [1.29, 1.82) is 0 Å². The van der Waals surface area contributed by atoms with E-state index in [1.165, 1.54) is 50.1 Å². The van der Waals surface area contributed by atoms with Gasteiger partial charge < -0.3 is 5.32 Å². The van der Waals surface area contributed by atoms with Crippen LogP contribution in [0.3, 0.4) is 0 Å². The van der Waals surface area contributed by atoms with Crippen LogP contribution in [0.4, 0.5) is 0 Å². The van der Waals surface area contributed by atoms with Crippen LogP contribution in [0.5, 0.6) is 0 Å². The van der Waals surface area contributed by atoms with Gasteiger partial charge in [-0.15, -0.1) is 0 Å². The maximum Gasteiger partial charge on any atom is 0.156 e. The Labute approximate surface area is 135 Å². The number of rotatable bonds is 7. The number of nitrogens with zero attached hydrogens (tertiary/aromatic N) is 1. The van der Waals surface area contributed by atoms with E-state index in [9.17, 15) is 0 Å². The Hall–Kier alpha value is -0.180. The molecule has 0 aromatic rings. The van der Waals surface area contributed by atoms with E-state index in [1.807, 2.05) is 11.8 Å². The Bertz CT molecular complexity index is 341. The SMILES string of the molecule is CCC(CC)C1CN=C(NCC2(CC(C)C)CCCC2)S1. The summed E-state index contributed by atoms with van der Waals surface area (Å²) >= 11 is 2.01. The van der Waals surface area contributed by atoms with Crippen LogP contribution in [0, 0.1) is 17.3 Å². The van der Waals surface area contributed by atoms with E-state index in [-0.39, 0.29) is 0 Å². The van der Waals surface area contributed by atoms with Gasteiger partial charge in [-0.1, -0.05) is 65.1 Å². The van der Waals surface area contributed by atoms with E-state index >= 15 is 0 Å². The quantitative estimate of drug-likeness (QED) is 0.708. The number of amidine groups is 1. The minimum Gasteiger partial charge on any atom is -0.364 e. The topological polar surface area (TPSA) is 24.4 Å². The summed E-state index contributed by atoms with van der Waals surface area (Å²) < 4.78 is 0. The summed E-state index contributed by atoms with van der Waals surface area (Å²) in [7, 11) is 0. The molecule has 1 heterocycles. The van der Waals surface area contributed by atoms with Gasteiger partial charge in [-0.3, -0.25) is 4.99 Å². The highest BCUT2D eigenvalue weighted by Crippen LogP contribution is 2.43. The molecule has 0 spiro atoms. The molecule has 1 unspecified atom stereocenters. The smallest absolute Gasteiger partial charge is 0.156 e. The Balaban J connectivity index is 1.82. The fourth-order valence-electron chi connectivity index (χ4n) is 4.26. The highest BCUT2D eigenvalue weighted by Gasteiger charge is 2.35. The maximum absolute atomic E-state index is 4.77. The van der Waals surface area contributed by atoms with Gasteiger partial charge >= 0.3 is 0 Å². The maximum atomic E-state index is 4.77. The number of hydrogen-bond donors (Lipinski definition) is 1. The molecular formula is C18H34N2S. The van der Waals surface area contributed by atoms with Gasteiger partial charge in [0.2, 0.25) is 0 Å². The van der Waals surface area contributed by atoms with Gasteiger partial charge in [0.25, 0.3) is 0 Å². The normalized spacial score (nSPS) is 24.9. The van der Waals surface area contributed by atoms with Crippen LogP contribution in [0.2, 0.25) is 0 Å². The molecule has 2 aliphatic rings. The van der Waals surface area contributed by atoms with Crippen molar-refractivity contribution in [3.8, 4) is 0 Å². The monoisotopic (exact) mass is 310 g/mol. The Kier molecular flexibility index (Phi) is 6.46. The summed E-state index contributed by atoms with van der Waals surface area (Å²) in [6, 6.07) is 0. The number of thioether (sulfide) groups is 1. The fourth-order valence-corrected chi connectivity index (χ4v) is 5.57. The first-order chi connectivity index (χ1) is 10.1. The number of aliphatic imine (C=N–C) groups is 1. The zero-order chi connectivity index (χ0) is 15.3. The average molecular weight is 311 g/mol. The molecule has 122 valence electrons. The van der Waals surface area contributed by atoms with Crippen LogP contribution in [0.15, 0.2) is 4.99 Å². The van der Waals surface area contributed by atoms with Gasteiger partial charge in [-0.25, -0.2) is 0 Å². The molecule has 0 saturated heterocycles. The van der Waals surface area contributed by atoms with Crippen LogP contribution in [-0.4, -0.2) is 23.5 Å². The van der Waals surface area contributed by atoms with Crippen LogP contribution in [0.1, 0.15) is 72.6 Å². The average Bonchev–Trinajstić information content (AvgIpc) is 3.08. The van der Waals surface area contributed by atoms with Crippen molar-refractivity contribution in [3.05, 3.63) is 0 Å². The molecule has 3 heteroatoms. The zero-order valence-electron chi connectivity index (χ0n) is 14.5. The Morgan fingerprint density at radius 2 is 1.90 bits per heavy atom. The fraction of sp³-hybridized carbons (Fsp3) is 0.944. The van der Waals surface area contributed by atoms with Gasteiger partial charge in [0.15, 0.2) is 5.17 Å². The molecule has 1 atom stereocenters. The highest BCUT2D eigenvalue weighted by atomic mass is 32.2. The molecule has 1 N–H and O–H groups in total. The summed E-state index contributed by atoms with van der Waals surface area (Å²) in [5, 5.41) is 5.65. The van der Waals surface area contributed by atoms with Crippen LogP contribution in [-0.2, 0) is 0 Å². The lowest BCUT2D eigenvalue weighted by Crippen LogP contribution is -2.35. The Morgan fingerprint density at radius 3 is 2.48 bits per heavy atom. The van der Waals surface area contributed by atoms with E-state index in [1.54, 1.807) is 0 Å². The molecule has 2 nitrogen and oxygen atoms in total. The predicted molar refractivity (Wildman–Crippen MR) is 96.1 cm³/mol. The van der Waals surface area contributed by atoms with Crippen molar-refractivity contribution in [3.63, 3.8) is 0 Å². The minimum atomic E-state index is 0.546. The minimum absolute atomic E-state index is 0.546. The lowest BCUT2D eigenvalue weighted by atomic mass is 9.78. The van der Waals surface area contributed by atoms with Crippen molar-refractivity contribution >= 4 is 16.9 Å². The second-order valence-corrected chi connectivity index (χ2v) is 8.77. The van der Waals surface area contributed by atoms with E-state index < -0.39 is 0 Å². The molecule has 1 aliphatic heterocycles. The zero-order valence-corrected chi connectivity index (χ0v) is 15.3. The summed E-state index contributed by atoms with van der Waals surface area (Å²) in [5.41, 5.74) is 0.546. The molecule has 0 bridgehead atoms. The number of hydrogen-bond acceptors (Lipinski definition) is 3. The van der Waals surface area contributed by atoms with Crippen LogP contribution < -0.4 is 5.32 Å². The first-order valence-corrected chi connectivity index (χ1v) is 9.91. The lowest BCUT2D eigenvalue weighted by molar-refractivity contribution is 0.236. The molecule has 1 saturated carbocycles. The van der Waals surface area contributed by atoms with Gasteiger partial charge in [-0.05, 0) is 36.5 Å². The van der Waals surface area contributed by atoms with Crippen molar-refractivity contribution in [2.45, 2.75) is 77.9 Å². The summed E-state index contributed by atoms with van der Waals surface area (Å²) in [6.07, 6.45) is 9.60. The van der Waals surface area contributed by atoms with E-state index in [2.05, 4.69) is 33.0 Å². The third-order valence-electron chi connectivity index (χ3n) is 5.37. The van der Waals surface area contributed by atoms with Crippen LogP contribution >= 0.6 is 11.8 Å². The van der Waals surface area contributed by atoms with E-state index in [0.29, 0.717) is 10.7 Å². The van der Waals surface area contributed by atoms with Crippen molar-refractivity contribution in [1.82, 2.24) is 5.32 Å². The second kappa shape index (κ2) is 7.89. The van der Waals surface area contributed by atoms with Gasteiger partial charge in [0.05, 0.1) is 6.54 Å². The Morgan fingerprint density at radius 1 is 1.24 bits per heavy atom. The van der Waals surface area contributed by atoms with Gasteiger partial charge in [-0.2, -0.15) is 0 Å². The summed E-state index contributed by atoms with van der Waals surface area (Å²) in [6.45, 7) is 11.5. The molecule has 2 rings (SSSR count). The lowest BCUT2D eigenvalue weighted by Gasteiger charge is -2.31. The molecule has 1 aliphatic carbocycles. The first kappa shape index (κ1) is 17.2. The molecular weight excluding hydrogens is 276 g/mol. The third-order valence-corrected chi connectivity index (χ3v) is 6.71. The largest absolute Gasteiger partial charge is 0.364 e. The van der Waals surface area contributed by atoms with Crippen molar-refractivity contribution < 1.29 is 0 Å². The van der Waals surface area contributed by atoms with Crippen molar-refractivity contribution in [2.24, 2.45) is 22.2 Å². The predicted octanol–water partition coefficient (Wildman–Crippen LogP) is 5.09. The summed E-state index contributed by atoms with van der Waals surface area (Å²) in [4.78, 5) is 4.77. The van der Waals surface area contributed by atoms with E-state index in [0.717, 1.165) is 24.9 Å². The molecule has 0 aromatic carbocycles. The van der Waals surface area contributed by atoms with Crippen LogP contribution in [0.25, 0.3) is 0 Å². The third kappa shape index (κ3) is 4.64. The van der Waals surface area contributed by atoms with E-state index in [4.69, 9.17) is 4.99 Å². The summed E-state index contributed by atoms with van der Waals surface area (Å²) in [5.74, 6) is 1.63. The molecule has 0 radical (unpaired) electrons. The number of nitrogens with one attached hydrogen (secondary N) is 1. The van der Waals surface area contributed by atoms with Gasteiger partial charge in [0, 0.05) is 11.8 Å². The molecule has 1 fully saturated rings. The molecule has 21 heavy (non-hydrogen) atoms. The van der Waals surface area contributed by atoms with Crippen molar-refractivity contribution in [2.75, 3.05) is 13.1 Å². The molecule has 0 amide bonds. The second-order valence-electron chi connectivity index (χ2n) is 7.54. The highest BCUT2D eigenvalue weighted by molar-refractivity contribution is 8.14. The molecule has 0 aromatic heterocycles. The first-order valence-electron chi connectivity index (χ1n) is 9.03. The standard InChI is InChI=1S/C18H34N2S/c1-5-15(6-2)16-12-19-17(21-16)20-13-18(11-14(3)4)9-7-8-10-18/h14-16H,5-13H2,1-4H3,(H,19,20).